The van der Waals surface area contributed by atoms with Crippen LogP contribution in [0.15, 0.2) is 0 Å². The molecule has 0 fully saturated rings. The molecule has 0 saturated carbocycles. The Kier molecular flexibility index (Phi) is 5.58. The van der Waals surface area contributed by atoms with E-state index in [0.717, 1.165) is 0 Å². The van der Waals surface area contributed by atoms with Crippen molar-refractivity contribution in [1.82, 2.24) is 0 Å². The second kappa shape index (κ2) is 5.65. The van der Waals surface area contributed by atoms with Crippen molar-refractivity contribution in [3.63, 3.8) is 0 Å². The molecule has 0 aliphatic carbocycles. The van der Waals surface area contributed by atoms with E-state index in [1.807, 2.05) is 13.8 Å². The van der Waals surface area contributed by atoms with Gasteiger partial charge in [-0.25, -0.2) is 0 Å². The molecule has 0 aromatic rings. The number of ether oxygens (including phenoxy) is 3. The first kappa shape index (κ1) is 9.88. The van der Waals surface area contributed by atoms with Gasteiger partial charge in [-0.1, -0.05) is 0 Å². The van der Waals surface area contributed by atoms with Gasteiger partial charge in [0, 0.05) is 20.8 Å². The third-order valence-corrected chi connectivity index (χ3v) is 1.32. The fraction of sp³-hybridized carbons (Fsp3) is 1.00. The molecule has 3 nitrogen and oxygen atoms in total. The summed E-state index contributed by atoms with van der Waals surface area (Å²) in [4.78, 5) is 0. The number of rotatable bonds is 5. The van der Waals surface area contributed by atoms with Crippen molar-refractivity contribution in [1.29, 1.82) is 0 Å². The van der Waals surface area contributed by atoms with Crippen LogP contribution in [0.1, 0.15) is 13.8 Å². The van der Waals surface area contributed by atoms with E-state index in [0.29, 0.717) is 6.61 Å². The van der Waals surface area contributed by atoms with Gasteiger partial charge in [0.1, 0.15) is 6.10 Å². The van der Waals surface area contributed by atoms with E-state index < -0.39 is 0 Å². The first-order chi connectivity index (χ1) is 4.76. The number of hydrogen-bond acceptors (Lipinski definition) is 3. The highest BCUT2D eigenvalue weighted by Gasteiger charge is 2.14. The third kappa shape index (κ3) is 3.15. The Hall–Kier alpha value is -0.120. The van der Waals surface area contributed by atoms with Crippen LogP contribution >= 0.6 is 0 Å². The summed E-state index contributed by atoms with van der Waals surface area (Å²) < 4.78 is 15.2. The molecule has 3 heteroatoms. The van der Waals surface area contributed by atoms with Gasteiger partial charge < -0.3 is 14.2 Å². The molecule has 0 saturated heterocycles. The second-order valence-corrected chi connectivity index (χ2v) is 2.00. The highest BCUT2D eigenvalue weighted by atomic mass is 16.7. The molecule has 10 heavy (non-hydrogen) atoms. The quantitative estimate of drug-likeness (QED) is 0.545. The summed E-state index contributed by atoms with van der Waals surface area (Å²) in [5, 5.41) is 0. The molecule has 0 aliphatic heterocycles. The van der Waals surface area contributed by atoms with Crippen LogP contribution in [-0.4, -0.2) is 33.2 Å². The van der Waals surface area contributed by atoms with E-state index >= 15 is 0 Å². The number of hydrogen-bond donors (Lipinski definition) is 0. The van der Waals surface area contributed by atoms with Crippen molar-refractivity contribution in [2.45, 2.75) is 26.2 Å². The van der Waals surface area contributed by atoms with E-state index in [2.05, 4.69) is 0 Å². The third-order valence-electron chi connectivity index (χ3n) is 1.32. The van der Waals surface area contributed by atoms with Crippen LogP contribution in [0.2, 0.25) is 0 Å². The fourth-order valence-electron chi connectivity index (χ4n) is 0.671. The van der Waals surface area contributed by atoms with Crippen molar-refractivity contribution in [2.24, 2.45) is 0 Å². The average molecular weight is 148 g/mol. The van der Waals surface area contributed by atoms with Gasteiger partial charge in [-0.3, -0.25) is 0 Å². The van der Waals surface area contributed by atoms with E-state index in [-0.39, 0.29) is 12.4 Å². The van der Waals surface area contributed by atoms with Gasteiger partial charge in [-0.05, 0) is 13.8 Å². The van der Waals surface area contributed by atoms with Crippen molar-refractivity contribution >= 4 is 0 Å². The summed E-state index contributed by atoms with van der Waals surface area (Å²) in [5.41, 5.74) is 0. The zero-order valence-corrected chi connectivity index (χ0v) is 7.09. The Morgan fingerprint density at radius 3 is 2.10 bits per heavy atom. The molecule has 0 N–H and O–H groups in total. The lowest BCUT2D eigenvalue weighted by atomic mass is 10.4. The molecule has 0 aliphatic rings. The lowest BCUT2D eigenvalue weighted by Gasteiger charge is -2.20. The molecule has 0 aromatic carbocycles. The molecule has 0 radical (unpaired) electrons. The highest BCUT2D eigenvalue weighted by molar-refractivity contribution is 4.52. The molecule has 62 valence electrons. The van der Waals surface area contributed by atoms with Gasteiger partial charge in [0.05, 0.1) is 0 Å². The van der Waals surface area contributed by atoms with E-state index in [1.54, 1.807) is 14.2 Å². The van der Waals surface area contributed by atoms with Gasteiger partial charge in [0.15, 0.2) is 6.29 Å². The molecule has 0 aromatic heterocycles. The Balaban J connectivity index is 3.56. The Labute approximate surface area is 62.3 Å². The Morgan fingerprint density at radius 2 is 1.80 bits per heavy atom. The summed E-state index contributed by atoms with van der Waals surface area (Å²) in [6, 6.07) is 0. The standard InChI is InChI=1S/C7H16O3/c1-5-10-7(9-4)6(2)8-3/h6-7H,5H2,1-4H3. The second-order valence-electron chi connectivity index (χ2n) is 2.00. The van der Waals surface area contributed by atoms with E-state index in [9.17, 15) is 0 Å². The molecule has 0 rings (SSSR count). The van der Waals surface area contributed by atoms with Gasteiger partial charge in [-0.15, -0.1) is 0 Å². The first-order valence-electron chi connectivity index (χ1n) is 3.43. The van der Waals surface area contributed by atoms with Gasteiger partial charge >= 0.3 is 0 Å². The maximum absolute atomic E-state index is 5.20. The van der Waals surface area contributed by atoms with Crippen LogP contribution < -0.4 is 0 Å². The van der Waals surface area contributed by atoms with Gasteiger partial charge in [-0.2, -0.15) is 0 Å². The molecule has 0 heterocycles. The Morgan fingerprint density at radius 1 is 1.20 bits per heavy atom. The summed E-state index contributed by atoms with van der Waals surface area (Å²) in [6.07, 6.45) is -0.250. The van der Waals surface area contributed by atoms with Crippen molar-refractivity contribution in [3.05, 3.63) is 0 Å². The van der Waals surface area contributed by atoms with Crippen molar-refractivity contribution < 1.29 is 14.2 Å². The summed E-state index contributed by atoms with van der Waals surface area (Å²) in [7, 11) is 3.24. The minimum atomic E-state index is -0.241. The minimum absolute atomic E-state index is 0.00931. The first-order valence-corrected chi connectivity index (χ1v) is 3.43. The molecule has 0 amide bonds. The Bertz CT molecular complexity index is 75.3. The maximum Gasteiger partial charge on any atom is 0.183 e. The smallest absolute Gasteiger partial charge is 0.183 e. The van der Waals surface area contributed by atoms with Crippen molar-refractivity contribution in [2.75, 3.05) is 20.8 Å². The normalized spacial score (nSPS) is 16.8. The zero-order chi connectivity index (χ0) is 7.98. The highest BCUT2D eigenvalue weighted by Crippen LogP contribution is 2.02. The van der Waals surface area contributed by atoms with E-state index in [1.165, 1.54) is 0 Å². The fourth-order valence-corrected chi connectivity index (χ4v) is 0.671. The molecule has 2 atom stereocenters. The maximum atomic E-state index is 5.20. The van der Waals surface area contributed by atoms with Crippen LogP contribution in [0.25, 0.3) is 0 Å². The average Bonchev–Trinajstić information content (AvgIpc) is 1.99. The predicted molar refractivity (Wildman–Crippen MR) is 38.9 cm³/mol. The molecular formula is C7H16O3. The summed E-state index contributed by atoms with van der Waals surface area (Å²) in [6.45, 7) is 4.48. The largest absolute Gasteiger partial charge is 0.376 e. The lowest BCUT2D eigenvalue weighted by molar-refractivity contribution is -0.179. The topological polar surface area (TPSA) is 27.7 Å². The van der Waals surface area contributed by atoms with Crippen LogP contribution in [-0.2, 0) is 14.2 Å². The molecule has 2 unspecified atom stereocenters. The van der Waals surface area contributed by atoms with Gasteiger partial charge in [0.25, 0.3) is 0 Å². The number of methoxy groups -OCH3 is 2. The lowest BCUT2D eigenvalue weighted by Crippen LogP contribution is -2.29. The van der Waals surface area contributed by atoms with Crippen LogP contribution in [0.4, 0.5) is 0 Å². The van der Waals surface area contributed by atoms with Gasteiger partial charge in [0.2, 0.25) is 0 Å². The molecule has 0 spiro atoms. The van der Waals surface area contributed by atoms with Crippen LogP contribution in [0.3, 0.4) is 0 Å². The zero-order valence-electron chi connectivity index (χ0n) is 7.09. The SMILES string of the molecule is CCOC(OC)C(C)OC. The molecular weight excluding hydrogens is 132 g/mol. The van der Waals surface area contributed by atoms with Crippen molar-refractivity contribution in [3.8, 4) is 0 Å². The summed E-state index contributed by atoms with van der Waals surface area (Å²) >= 11 is 0. The van der Waals surface area contributed by atoms with E-state index in [4.69, 9.17) is 14.2 Å². The monoisotopic (exact) mass is 148 g/mol. The molecule has 0 bridgehead atoms. The minimum Gasteiger partial charge on any atom is -0.376 e. The van der Waals surface area contributed by atoms with Crippen LogP contribution in [0.5, 0.6) is 0 Å². The predicted octanol–water partition coefficient (Wildman–Crippen LogP) is 1.03. The van der Waals surface area contributed by atoms with Crippen LogP contribution in [0, 0.1) is 0 Å². The summed E-state index contributed by atoms with van der Waals surface area (Å²) in [5.74, 6) is 0.